The quantitative estimate of drug-likeness (QED) is 0.506. The van der Waals surface area contributed by atoms with Crippen LogP contribution in [-0.2, 0) is 11.3 Å². The fourth-order valence-corrected chi connectivity index (χ4v) is 4.76. The molecule has 0 saturated carbocycles. The van der Waals surface area contributed by atoms with Gasteiger partial charge in [0, 0.05) is 25.2 Å². The molecule has 2 saturated heterocycles. The van der Waals surface area contributed by atoms with Gasteiger partial charge in [-0.05, 0) is 25.0 Å². The van der Waals surface area contributed by atoms with Crippen molar-refractivity contribution in [1.82, 2.24) is 9.55 Å². The standard InChI is InChI=1S/C21H19F5N4O3/c22-11-1-2-14(15(23)5-11)16(31)9-30-17(21(24,25)26)3-4-28-19(32)7-18(27-20(28)30)29-8-13-6-12(29)10-33-13/h1-2,5,7,12-13,17H,3-4,6,8-10H2/t12?,13?,17-/m0/s1. The van der Waals surface area contributed by atoms with E-state index in [2.05, 4.69) is 4.98 Å². The van der Waals surface area contributed by atoms with Gasteiger partial charge in [0.15, 0.2) is 5.78 Å². The zero-order chi connectivity index (χ0) is 23.5. The molecule has 0 N–H and O–H groups in total. The lowest BCUT2D eigenvalue weighted by Gasteiger charge is -2.39. The van der Waals surface area contributed by atoms with Crippen LogP contribution in [0.4, 0.5) is 33.7 Å². The van der Waals surface area contributed by atoms with Crippen LogP contribution in [0.3, 0.4) is 0 Å². The SMILES string of the molecule is O=C(CN1c2nc(N3CC4CC3CO4)cc(=O)n2CC[C@H]1C(F)(F)F)c1ccc(F)cc1F. The molecule has 2 unspecified atom stereocenters. The van der Waals surface area contributed by atoms with Crippen LogP contribution in [0.2, 0.25) is 0 Å². The van der Waals surface area contributed by atoms with Crippen molar-refractivity contribution in [2.24, 2.45) is 0 Å². The van der Waals surface area contributed by atoms with Crippen LogP contribution in [-0.4, -0.2) is 59.4 Å². The average Bonchev–Trinajstić information content (AvgIpc) is 3.37. The Balaban J connectivity index is 1.54. The third-order valence-corrected chi connectivity index (χ3v) is 6.35. The summed E-state index contributed by atoms with van der Waals surface area (Å²) in [5.41, 5.74) is -1.08. The van der Waals surface area contributed by atoms with E-state index in [9.17, 15) is 31.5 Å². The number of ketones is 1. The summed E-state index contributed by atoms with van der Waals surface area (Å²) in [6.07, 6.45) is -4.49. The number of hydrogen-bond acceptors (Lipinski definition) is 6. The molecular formula is C21H19F5N4O3. The number of fused-ring (bicyclic) bond motifs is 3. The molecule has 2 fully saturated rings. The third-order valence-electron chi connectivity index (χ3n) is 6.35. The van der Waals surface area contributed by atoms with Crippen LogP contribution >= 0.6 is 0 Å². The number of benzene rings is 1. The van der Waals surface area contributed by atoms with E-state index in [1.54, 1.807) is 0 Å². The number of hydrogen-bond donors (Lipinski definition) is 0. The average molecular weight is 470 g/mol. The molecule has 0 radical (unpaired) electrons. The van der Waals surface area contributed by atoms with E-state index < -0.39 is 53.7 Å². The second-order valence-corrected chi connectivity index (χ2v) is 8.42. The number of aromatic nitrogens is 2. The van der Waals surface area contributed by atoms with Crippen molar-refractivity contribution in [3.8, 4) is 0 Å². The molecule has 1 aromatic carbocycles. The minimum atomic E-state index is -4.72. The number of nitrogens with zero attached hydrogens (tertiary/aromatic N) is 4. The Kier molecular flexibility index (Phi) is 5.15. The van der Waals surface area contributed by atoms with Crippen molar-refractivity contribution in [1.29, 1.82) is 0 Å². The van der Waals surface area contributed by atoms with Crippen molar-refractivity contribution in [2.75, 3.05) is 29.5 Å². The Bertz CT molecular complexity index is 1170. The number of Topliss-reactive ketones (excluding diaryl/α,β-unsaturated/α-hetero) is 1. The van der Waals surface area contributed by atoms with Gasteiger partial charge in [-0.3, -0.25) is 14.2 Å². The summed E-state index contributed by atoms with van der Waals surface area (Å²) >= 11 is 0. The molecule has 4 heterocycles. The van der Waals surface area contributed by atoms with E-state index in [0.29, 0.717) is 24.1 Å². The molecule has 0 amide bonds. The van der Waals surface area contributed by atoms with Gasteiger partial charge in [-0.25, -0.2) is 8.78 Å². The summed E-state index contributed by atoms with van der Waals surface area (Å²) in [5, 5.41) is 0. The largest absolute Gasteiger partial charge is 0.408 e. The van der Waals surface area contributed by atoms with Crippen LogP contribution in [0.1, 0.15) is 23.2 Å². The van der Waals surface area contributed by atoms with Gasteiger partial charge in [0.25, 0.3) is 5.56 Å². The first kappa shape index (κ1) is 21.8. The summed E-state index contributed by atoms with van der Waals surface area (Å²) in [7, 11) is 0. The summed E-state index contributed by atoms with van der Waals surface area (Å²) in [6.45, 7) is -0.209. The highest BCUT2D eigenvalue weighted by atomic mass is 19.4. The Morgan fingerprint density at radius 2 is 2.00 bits per heavy atom. The summed E-state index contributed by atoms with van der Waals surface area (Å²) in [5.74, 6) is -3.15. The maximum atomic E-state index is 14.1. The van der Waals surface area contributed by atoms with Gasteiger partial charge in [0.2, 0.25) is 5.95 Å². The summed E-state index contributed by atoms with van der Waals surface area (Å²) in [4.78, 5) is 32.4. The van der Waals surface area contributed by atoms with Crippen molar-refractivity contribution >= 4 is 17.5 Å². The molecule has 12 heteroatoms. The number of carbonyl (C=O) groups excluding carboxylic acids is 1. The number of halogens is 5. The van der Waals surface area contributed by atoms with Crippen molar-refractivity contribution in [2.45, 2.75) is 43.8 Å². The molecule has 3 aliphatic heterocycles. The van der Waals surface area contributed by atoms with Crippen LogP contribution in [0, 0.1) is 11.6 Å². The smallest absolute Gasteiger partial charge is 0.374 e. The monoisotopic (exact) mass is 470 g/mol. The zero-order valence-corrected chi connectivity index (χ0v) is 17.2. The normalized spacial score (nSPS) is 24.3. The summed E-state index contributed by atoms with van der Waals surface area (Å²) < 4.78 is 75.6. The molecule has 7 nitrogen and oxygen atoms in total. The molecule has 0 spiro atoms. The number of ether oxygens (including phenoxy) is 1. The highest BCUT2D eigenvalue weighted by molar-refractivity contribution is 5.99. The van der Waals surface area contributed by atoms with E-state index in [1.165, 1.54) is 6.07 Å². The zero-order valence-electron chi connectivity index (χ0n) is 17.2. The van der Waals surface area contributed by atoms with Gasteiger partial charge < -0.3 is 14.5 Å². The molecule has 3 aliphatic rings. The van der Waals surface area contributed by atoms with Crippen molar-refractivity contribution in [3.05, 3.63) is 51.8 Å². The highest BCUT2D eigenvalue weighted by Gasteiger charge is 2.48. The maximum absolute atomic E-state index is 14.1. The molecule has 0 aliphatic carbocycles. The maximum Gasteiger partial charge on any atom is 0.408 e. The number of alkyl halides is 3. The Morgan fingerprint density at radius 3 is 2.64 bits per heavy atom. The second-order valence-electron chi connectivity index (χ2n) is 8.42. The van der Waals surface area contributed by atoms with Gasteiger partial charge in [-0.2, -0.15) is 18.2 Å². The van der Waals surface area contributed by atoms with E-state index in [4.69, 9.17) is 4.74 Å². The Labute approximate surface area is 184 Å². The van der Waals surface area contributed by atoms with Gasteiger partial charge in [-0.15, -0.1) is 0 Å². The second kappa shape index (κ2) is 7.79. The fraction of sp³-hybridized carbons (Fsp3) is 0.476. The minimum absolute atomic E-state index is 0.0300. The molecule has 5 rings (SSSR count). The lowest BCUT2D eigenvalue weighted by atomic mass is 10.1. The predicted octanol–water partition coefficient (Wildman–Crippen LogP) is 2.52. The lowest BCUT2D eigenvalue weighted by Crippen LogP contribution is -2.54. The Morgan fingerprint density at radius 1 is 1.21 bits per heavy atom. The molecule has 3 atom stereocenters. The molecule has 176 valence electrons. The van der Waals surface area contributed by atoms with E-state index >= 15 is 0 Å². The summed E-state index contributed by atoms with van der Waals surface area (Å²) in [6, 6.07) is 1.38. The third kappa shape index (κ3) is 3.85. The number of rotatable bonds is 4. The van der Waals surface area contributed by atoms with Crippen LogP contribution < -0.4 is 15.4 Å². The van der Waals surface area contributed by atoms with Crippen LogP contribution in [0.15, 0.2) is 29.1 Å². The molecule has 33 heavy (non-hydrogen) atoms. The molecule has 2 aromatic rings. The van der Waals surface area contributed by atoms with Gasteiger partial charge in [-0.1, -0.05) is 0 Å². The number of carbonyl (C=O) groups is 1. The van der Waals surface area contributed by atoms with Crippen LogP contribution in [0.5, 0.6) is 0 Å². The highest BCUT2D eigenvalue weighted by Crippen LogP contribution is 2.36. The molecule has 1 aromatic heterocycles. The predicted molar refractivity (Wildman–Crippen MR) is 106 cm³/mol. The lowest BCUT2D eigenvalue weighted by molar-refractivity contribution is -0.152. The van der Waals surface area contributed by atoms with Gasteiger partial charge >= 0.3 is 6.18 Å². The minimum Gasteiger partial charge on any atom is -0.374 e. The number of anilines is 2. The first-order valence-electron chi connectivity index (χ1n) is 10.4. The van der Waals surface area contributed by atoms with E-state index in [-0.39, 0.29) is 30.5 Å². The molecular weight excluding hydrogens is 451 g/mol. The van der Waals surface area contributed by atoms with E-state index in [1.807, 2.05) is 4.90 Å². The van der Waals surface area contributed by atoms with Crippen LogP contribution in [0.25, 0.3) is 0 Å². The first-order chi connectivity index (χ1) is 15.6. The molecule has 2 bridgehead atoms. The van der Waals surface area contributed by atoms with Gasteiger partial charge in [0.1, 0.15) is 23.5 Å². The van der Waals surface area contributed by atoms with Crippen molar-refractivity contribution < 1.29 is 31.5 Å². The van der Waals surface area contributed by atoms with Crippen molar-refractivity contribution in [3.63, 3.8) is 0 Å². The Hall–Kier alpha value is -3.02. The first-order valence-corrected chi connectivity index (χ1v) is 10.4. The van der Waals surface area contributed by atoms with Gasteiger partial charge in [0.05, 0.1) is 30.9 Å². The number of morpholine rings is 1. The fourth-order valence-electron chi connectivity index (χ4n) is 4.76. The van der Waals surface area contributed by atoms with E-state index in [0.717, 1.165) is 23.1 Å². The topological polar surface area (TPSA) is 67.7 Å².